The molecule has 13 heavy (non-hydrogen) atoms. The van der Waals surface area contributed by atoms with Crippen molar-refractivity contribution in [2.45, 2.75) is 19.4 Å². The maximum atomic E-state index is 10.6. The van der Waals surface area contributed by atoms with Gasteiger partial charge in [0.1, 0.15) is 0 Å². The Morgan fingerprint density at radius 1 is 1.62 bits per heavy atom. The van der Waals surface area contributed by atoms with Crippen LogP contribution in [0.2, 0.25) is 0 Å². The zero-order chi connectivity index (χ0) is 9.84. The Hall–Kier alpha value is -1.42. The minimum atomic E-state index is -0.395. The number of carbonyl (C=O) groups is 1. The third kappa shape index (κ3) is 2.83. The Labute approximate surface area is 77.0 Å². The Balaban J connectivity index is 2.71. The average molecular weight is 179 g/mol. The van der Waals surface area contributed by atoms with Crippen LogP contribution in [0, 0.1) is 6.92 Å². The zero-order valence-corrected chi connectivity index (χ0v) is 7.53. The van der Waals surface area contributed by atoms with Crippen LogP contribution >= 0.6 is 0 Å². The van der Waals surface area contributed by atoms with Crippen molar-refractivity contribution in [3.05, 3.63) is 29.6 Å². The molecule has 1 amide bonds. The van der Waals surface area contributed by atoms with E-state index in [0.717, 1.165) is 11.3 Å². The van der Waals surface area contributed by atoms with E-state index < -0.39 is 5.91 Å². The van der Waals surface area contributed by atoms with Gasteiger partial charge in [0.15, 0.2) is 0 Å². The molecule has 4 heteroatoms. The van der Waals surface area contributed by atoms with Gasteiger partial charge in [0.2, 0.25) is 5.91 Å². The van der Waals surface area contributed by atoms with Crippen molar-refractivity contribution in [1.29, 1.82) is 0 Å². The summed E-state index contributed by atoms with van der Waals surface area (Å²) in [6, 6.07) is 3.37. The number of aromatic nitrogens is 1. The number of rotatable bonds is 3. The van der Waals surface area contributed by atoms with Crippen molar-refractivity contribution in [2.75, 3.05) is 0 Å². The first-order valence-corrected chi connectivity index (χ1v) is 4.06. The zero-order valence-electron chi connectivity index (χ0n) is 7.53. The number of nitrogens with zero attached hydrogens (tertiary/aromatic N) is 1. The smallest absolute Gasteiger partial charge is 0.219 e. The van der Waals surface area contributed by atoms with Crippen LogP contribution in [0.5, 0.6) is 0 Å². The number of aryl methyl sites for hydroxylation is 1. The molecule has 0 aromatic carbocycles. The molecular weight excluding hydrogens is 166 g/mol. The van der Waals surface area contributed by atoms with Gasteiger partial charge in [-0.25, -0.2) is 0 Å². The van der Waals surface area contributed by atoms with Gasteiger partial charge in [-0.05, 0) is 18.6 Å². The van der Waals surface area contributed by atoms with E-state index in [1.54, 1.807) is 6.20 Å². The topological polar surface area (TPSA) is 82.0 Å². The monoisotopic (exact) mass is 179 g/mol. The highest BCUT2D eigenvalue weighted by Crippen LogP contribution is 2.12. The fourth-order valence-corrected chi connectivity index (χ4v) is 1.03. The van der Waals surface area contributed by atoms with Gasteiger partial charge in [-0.1, -0.05) is 6.07 Å². The summed E-state index contributed by atoms with van der Waals surface area (Å²) < 4.78 is 0. The number of hydrogen-bond acceptors (Lipinski definition) is 3. The fourth-order valence-electron chi connectivity index (χ4n) is 1.03. The highest BCUT2D eigenvalue weighted by Gasteiger charge is 2.08. The molecule has 1 rings (SSSR count). The molecule has 1 heterocycles. The van der Waals surface area contributed by atoms with E-state index in [-0.39, 0.29) is 12.5 Å². The summed E-state index contributed by atoms with van der Waals surface area (Å²) in [5, 5.41) is 0. The summed E-state index contributed by atoms with van der Waals surface area (Å²) in [7, 11) is 0. The molecule has 4 N–H and O–H groups in total. The van der Waals surface area contributed by atoms with Crippen molar-refractivity contribution in [3.63, 3.8) is 0 Å². The summed E-state index contributed by atoms with van der Waals surface area (Å²) in [6.07, 6.45) is 1.83. The minimum Gasteiger partial charge on any atom is -0.370 e. The molecule has 1 aromatic rings. The van der Waals surface area contributed by atoms with Crippen LogP contribution in [0.15, 0.2) is 18.3 Å². The number of hydrogen-bond donors (Lipinski definition) is 2. The molecule has 0 bridgehead atoms. The van der Waals surface area contributed by atoms with E-state index in [9.17, 15) is 4.79 Å². The molecule has 0 aliphatic heterocycles. The molecular formula is C9H13N3O. The Bertz CT molecular complexity index is 294. The second kappa shape index (κ2) is 4.00. The molecule has 0 radical (unpaired) electrons. The van der Waals surface area contributed by atoms with Gasteiger partial charge >= 0.3 is 0 Å². The van der Waals surface area contributed by atoms with Crippen LogP contribution < -0.4 is 11.5 Å². The lowest BCUT2D eigenvalue weighted by Crippen LogP contribution is -2.20. The molecule has 1 aromatic heterocycles. The first-order chi connectivity index (χ1) is 6.09. The molecule has 0 spiro atoms. The number of carbonyl (C=O) groups excluding carboxylic acids is 1. The Morgan fingerprint density at radius 3 is 2.77 bits per heavy atom. The van der Waals surface area contributed by atoms with E-state index in [1.165, 1.54) is 0 Å². The lowest BCUT2D eigenvalue weighted by Gasteiger charge is -2.08. The van der Waals surface area contributed by atoms with Crippen LogP contribution in [0.1, 0.15) is 23.7 Å². The quantitative estimate of drug-likeness (QED) is 0.698. The molecule has 0 saturated heterocycles. The van der Waals surface area contributed by atoms with Crippen molar-refractivity contribution < 1.29 is 4.79 Å². The molecule has 0 unspecified atom stereocenters. The summed E-state index contributed by atoms with van der Waals surface area (Å²) in [6.45, 7) is 1.89. The van der Waals surface area contributed by atoms with Gasteiger partial charge in [0.05, 0.1) is 0 Å². The van der Waals surface area contributed by atoms with Gasteiger partial charge in [-0.15, -0.1) is 0 Å². The van der Waals surface area contributed by atoms with Gasteiger partial charge in [-0.3, -0.25) is 9.78 Å². The van der Waals surface area contributed by atoms with Crippen molar-refractivity contribution in [3.8, 4) is 0 Å². The minimum absolute atomic E-state index is 0.157. The van der Waals surface area contributed by atoms with Crippen LogP contribution in [-0.4, -0.2) is 10.9 Å². The van der Waals surface area contributed by atoms with Crippen LogP contribution in [0.25, 0.3) is 0 Å². The number of nitrogens with two attached hydrogens (primary N) is 2. The van der Waals surface area contributed by atoms with Gasteiger partial charge < -0.3 is 11.5 Å². The molecule has 0 saturated carbocycles. The molecule has 0 aliphatic rings. The average Bonchev–Trinajstić information content (AvgIpc) is 2.04. The van der Waals surface area contributed by atoms with E-state index in [4.69, 9.17) is 11.5 Å². The molecule has 4 nitrogen and oxygen atoms in total. The number of primary amides is 1. The largest absolute Gasteiger partial charge is 0.370 e. The summed E-state index contributed by atoms with van der Waals surface area (Å²) in [5.74, 6) is -0.395. The maximum Gasteiger partial charge on any atom is 0.219 e. The van der Waals surface area contributed by atoms with Crippen LogP contribution in [0.4, 0.5) is 0 Å². The third-order valence-corrected chi connectivity index (χ3v) is 1.78. The lowest BCUT2D eigenvalue weighted by atomic mass is 10.1. The van der Waals surface area contributed by atoms with Gasteiger partial charge in [-0.2, -0.15) is 0 Å². The predicted molar refractivity (Wildman–Crippen MR) is 49.7 cm³/mol. The van der Waals surface area contributed by atoms with Gasteiger partial charge in [0, 0.05) is 24.4 Å². The number of pyridine rings is 1. The lowest BCUT2D eigenvalue weighted by molar-refractivity contribution is -0.118. The van der Waals surface area contributed by atoms with Crippen LogP contribution in [0.3, 0.4) is 0 Å². The van der Waals surface area contributed by atoms with Crippen LogP contribution in [-0.2, 0) is 4.79 Å². The van der Waals surface area contributed by atoms with E-state index in [2.05, 4.69) is 4.98 Å². The molecule has 0 aliphatic carbocycles. The summed E-state index contributed by atoms with van der Waals surface area (Å²) >= 11 is 0. The van der Waals surface area contributed by atoms with E-state index >= 15 is 0 Å². The predicted octanol–water partition coefficient (Wildman–Crippen LogP) is 0.265. The second-order valence-electron chi connectivity index (χ2n) is 3.01. The molecule has 70 valence electrons. The van der Waals surface area contributed by atoms with E-state index in [0.29, 0.717) is 0 Å². The van der Waals surface area contributed by atoms with Crippen molar-refractivity contribution >= 4 is 5.91 Å². The van der Waals surface area contributed by atoms with Crippen molar-refractivity contribution in [2.24, 2.45) is 11.5 Å². The second-order valence-corrected chi connectivity index (χ2v) is 3.01. The standard InChI is InChI=1S/C9H13N3O/c1-6-2-3-7(5-12-6)8(10)4-9(11)13/h2-3,5,8H,4,10H2,1H3,(H2,11,13)/t8-/m0/s1. The highest BCUT2D eigenvalue weighted by molar-refractivity contribution is 5.74. The fraction of sp³-hybridized carbons (Fsp3) is 0.333. The normalized spacial score (nSPS) is 12.5. The maximum absolute atomic E-state index is 10.6. The SMILES string of the molecule is Cc1ccc([C@@H](N)CC(N)=O)cn1. The molecule has 1 atom stereocenters. The highest BCUT2D eigenvalue weighted by atomic mass is 16.1. The molecule has 0 fully saturated rings. The van der Waals surface area contributed by atoms with Crippen molar-refractivity contribution in [1.82, 2.24) is 4.98 Å². The first kappa shape index (κ1) is 9.67. The summed E-state index contributed by atoms with van der Waals surface area (Å²) in [4.78, 5) is 14.6. The first-order valence-electron chi connectivity index (χ1n) is 4.06. The number of amides is 1. The van der Waals surface area contributed by atoms with Gasteiger partial charge in [0.25, 0.3) is 0 Å². The Morgan fingerprint density at radius 2 is 2.31 bits per heavy atom. The Kier molecular flexibility index (Phi) is 2.97. The summed E-state index contributed by atoms with van der Waals surface area (Å²) in [5.41, 5.74) is 12.5. The van der Waals surface area contributed by atoms with E-state index in [1.807, 2.05) is 19.1 Å². The third-order valence-electron chi connectivity index (χ3n) is 1.78.